The molecule has 0 amide bonds. The van der Waals surface area contributed by atoms with Gasteiger partial charge in [0, 0.05) is 12.6 Å². The number of aromatic amines is 1. The van der Waals surface area contributed by atoms with E-state index in [1.807, 2.05) is 26.0 Å². The molecule has 0 radical (unpaired) electrons. The molecular formula is C13H17N3O2. The summed E-state index contributed by atoms with van der Waals surface area (Å²) in [6, 6.07) is 5.49. The van der Waals surface area contributed by atoms with Crippen LogP contribution in [0.4, 0.5) is 0 Å². The first-order valence-corrected chi connectivity index (χ1v) is 5.94. The van der Waals surface area contributed by atoms with Gasteiger partial charge in [-0.25, -0.2) is 4.79 Å². The van der Waals surface area contributed by atoms with Crippen molar-refractivity contribution in [2.45, 2.75) is 26.4 Å². The van der Waals surface area contributed by atoms with Crippen molar-refractivity contribution in [3.63, 3.8) is 0 Å². The van der Waals surface area contributed by atoms with Gasteiger partial charge in [-0.15, -0.1) is 0 Å². The van der Waals surface area contributed by atoms with Crippen LogP contribution in [0.15, 0.2) is 27.8 Å². The summed E-state index contributed by atoms with van der Waals surface area (Å²) in [5.41, 5.74) is 0.930. The maximum Gasteiger partial charge on any atom is 0.328 e. The van der Waals surface area contributed by atoms with Crippen LogP contribution in [0, 0.1) is 6.92 Å². The summed E-state index contributed by atoms with van der Waals surface area (Å²) in [4.78, 5) is 27.0. The Labute approximate surface area is 104 Å². The highest BCUT2D eigenvalue weighted by Crippen LogP contribution is 2.09. The third-order valence-electron chi connectivity index (χ3n) is 3.17. The summed E-state index contributed by atoms with van der Waals surface area (Å²) in [6.07, 6.45) is 0. The number of aromatic nitrogens is 2. The lowest BCUT2D eigenvalue weighted by Crippen LogP contribution is -2.40. The molecule has 1 aromatic heterocycles. The fraction of sp³-hybridized carbons (Fsp3) is 0.385. The second-order valence-electron chi connectivity index (χ2n) is 4.53. The van der Waals surface area contributed by atoms with Gasteiger partial charge in [-0.2, -0.15) is 0 Å². The van der Waals surface area contributed by atoms with E-state index in [4.69, 9.17) is 0 Å². The highest BCUT2D eigenvalue weighted by molar-refractivity contribution is 5.80. The Balaban J connectivity index is 2.70. The van der Waals surface area contributed by atoms with E-state index < -0.39 is 0 Å². The van der Waals surface area contributed by atoms with Gasteiger partial charge in [0.15, 0.2) is 0 Å². The number of para-hydroxylation sites is 1. The maximum atomic E-state index is 12.3. The lowest BCUT2D eigenvalue weighted by molar-refractivity contribution is 0.492. The molecule has 1 unspecified atom stereocenters. The molecule has 0 saturated carbocycles. The average molecular weight is 247 g/mol. The minimum atomic E-state index is -0.358. The summed E-state index contributed by atoms with van der Waals surface area (Å²) in [6.45, 7) is 4.15. The summed E-state index contributed by atoms with van der Waals surface area (Å²) in [7, 11) is 1.80. The highest BCUT2D eigenvalue weighted by Gasteiger charge is 2.10. The van der Waals surface area contributed by atoms with E-state index in [-0.39, 0.29) is 17.3 Å². The van der Waals surface area contributed by atoms with Crippen molar-refractivity contribution < 1.29 is 0 Å². The second-order valence-corrected chi connectivity index (χ2v) is 4.53. The molecule has 2 rings (SSSR count). The van der Waals surface area contributed by atoms with E-state index in [0.717, 1.165) is 5.56 Å². The zero-order chi connectivity index (χ0) is 13.3. The standard InChI is InChI=1S/C13H17N3O2/c1-8-5-4-6-10-11(8)15-13(18)16(12(10)17)7-9(2)14-3/h4-6,9,14H,7H2,1-3H3,(H,15,18). The first-order valence-electron chi connectivity index (χ1n) is 5.94. The molecule has 0 aliphatic carbocycles. The van der Waals surface area contributed by atoms with Gasteiger partial charge in [0.25, 0.3) is 5.56 Å². The third kappa shape index (κ3) is 2.09. The predicted molar refractivity (Wildman–Crippen MR) is 72.1 cm³/mol. The molecule has 0 aliphatic heterocycles. The summed E-state index contributed by atoms with van der Waals surface area (Å²) < 4.78 is 1.24. The molecule has 5 heteroatoms. The van der Waals surface area contributed by atoms with Gasteiger partial charge in [0.2, 0.25) is 0 Å². The van der Waals surface area contributed by atoms with Crippen molar-refractivity contribution in [3.05, 3.63) is 44.6 Å². The van der Waals surface area contributed by atoms with Crippen LogP contribution in [-0.4, -0.2) is 22.6 Å². The lowest BCUT2D eigenvalue weighted by Gasteiger charge is -2.12. The number of fused-ring (bicyclic) bond motifs is 1. The molecule has 0 aliphatic rings. The van der Waals surface area contributed by atoms with E-state index in [2.05, 4.69) is 10.3 Å². The van der Waals surface area contributed by atoms with E-state index in [0.29, 0.717) is 17.4 Å². The van der Waals surface area contributed by atoms with Crippen molar-refractivity contribution in [2.75, 3.05) is 7.05 Å². The molecule has 2 aromatic rings. The number of likely N-dealkylation sites (N-methyl/N-ethyl adjacent to an activating group) is 1. The van der Waals surface area contributed by atoms with Crippen LogP contribution in [0.1, 0.15) is 12.5 Å². The number of nitrogens with zero attached hydrogens (tertiary/aromatic N) is 1. The molecular weight excluding hydrogens is 230 g/mol. The SMILES string of the molecule is CNC(C)Cn1c(=O)[nH]c2c(C)cccc2c1=O. The lowest BCUT2D eigenvalue weighted by atomic mass is 10.1. The molecule has 5 nitrogen and oxygen atoms in total. The van der Waals surface area contributed by atoms with Gasteiger partial charge in [-0.05, 0) is 32.5 Å². The Morgan fingerprint density at radius 3 is 2.78 bits per heavy atom. The van der Waals surface area contributed by atoms with Crippen LogP contribution in [-0.2, 0) is 6.54 Å². The quantitative estimate of drug-likeness (QED) is 0.835. The number of hydrogen-bond donors (Lipinski definition) is 2. The number of nitrogens with one attached hydrogen (secondary N) is 2. The van der Waals surface area contributed by atoms with Crippen LogP contribution in [0.2, 0.25) is 0 Å². The van der Waals surface area contributed by atoms with Crippen LogP contribution >= 0.6 is 0 Å². The topological polar surface area (TPSA) is 66.9 Å². The van der Waals surface area contributed by atoms with Gasteiger partial charge in [-0.1, -0.05) is 12.1 Å². The average Bonchev–Trinajstić information content (AvgIpc) is 2.35. The smallest absolute Gasteiger partial charge is 0.315 e. The molecule has 1 aromatic carbocycles. The molecule has 1 heterocycles. The maximum absolute atomic E-state index is 12.3. The van der Waals surface area contributed by atoms with Crippen LogP contribution in [0.25, 0.3) is 10.9 Å². The molecule has 96 valence electrons. The van der Waals surface area contributed by atoms with Gasteiger partial charge in [0.05, 0.1) is 10.9 Å². The van der Waals surface area contributed by atoms with E-state index >= 15 is 0 Å². The largest absolute Gasteiger partial charge is 0.328 e. The minimum Gasteiger partial charge on any atom is -0.315 e. The zero-order valence-corrected chi connectivity index (χ0v) is 10.8. The first kappa shape index (κ1) is 12.6. The van der Waals surface area contributed by atoms with Gasteiger partial charge < -0.3 is 10.3 Å². The number of benzene rings is 1. The highest BCUT2D eigenvalue weighted by atomic mass is 16.2. The van der Waals surface area contributed by atoms with Gasteiger partial charge in [0.1, 0.15) is 0 Å². The molecule has 18 heavy (non-hydrogen) atoms. The van der Waals surface area contributed by atoms with Crippen LogP contribution < -0.4 is 16.6 Å². The first-order chi connectivity index (χ1) is 8.54. The van der Waals surface area contributed by atoms with E-state index in [1.165, 1.54) is 4.57 Å². The monoisotopic (exact) mass is 247 g/mol. The zero-order valence-electron chi connectivity index (χ0n) is 10.8. The Morgan fingerprint density at radius 1 is 1.39 bits per heavy atom. The normalized spacial score (nSPS) is 12.8. The molecule has 0 spiro atoms. The molecule has 0 saturated heterocycles. The number of H-pyrrole nitrogens is 1. The van der Waals surface area contributed by atoms with Crippen LogP contribution in [0.3, 0.4) is 0 Å². The Bertz CT molecular complexity index is 685. The summed E-state index contributed by atoms with van der Waals surface area (Å²) >= 11 is 0. The fourth-order valence-corrected chi connectivity index (χ4v) is 1.95. The number of aryl methyl sites for hydroxylation is 1. The molecule has 2 N–H and O–H groups in total. The minimum absolute atomic E-state index is 0.0612. The van der Waals surface area contributed by atoms with Gasteiger partial charge in [-0.3, -0.25) is 9.36 Å². The van der Waals surface area contributed by atoms with Crippen molar-refractivity contribution in [2.24, 2.45) is 0 Å². The fourth-order valence-electron chi connectivity index (χ4n) is 1.95. The molecule has 0 bridgehead atoms. The van der Waals surface area contributed by atoms with Crippen molar-refractivity contribution in [1.29, 1.82) is 0 Å². The van der Waals surface area contributed by atoms with Crippen molar-refractivity contribution in [3.8, 4) is 0 Å². The Hall–Kier alpha value is -1.88. The van der Waals surface area contributed by atoms with Crippen molar-refractivity contribution >= 4 is 10.9 Å². The summed E-state index contributed by atoms with van der Waals surface area (Å²) in [5, 5.41) is 3.57. The van der Waals surface area contributed by atoms with Crippen LogP contribution in [0.5, 0.6) is 0 Å². The van der Waals surface area contributed by atoms with E-state index in [9.17, 15) is 9.59 Å². The number of rotatable bonds is 3. The molecule has 1 atom stereocenters. The Morgan fingerprint density at radius 2 is 2.11 bits per heavy atom. The summed E-state index contributed by atoms with van der Waals surface area (Å²) in [5.74, 6) is 0. The number of hydrogen-bond acceptors (Lipinski definition) is 3. The Kier molecular flexibility index (Phi) is 3.34. The second kappa shape index (κ2) is 4.78. The third-order valence-corrected chi connectivity index (χ3v) is 3.17. The van der Waals surface area contributed by atoms with E-state index in [1.54, 1.807) is 13.1 Å². The predicted octanol–water partition coefficient (Wildman–Crippen LogP) is 0.606. The van der Waals surface area contributed by atoms with Crippen molar-refractivity contribution in [1.82, 2.24) is 14.9 Å². The molecule has 0 fully saturated rings. The van der Waals surface area contributed by atoms with Gasteiger partial charge >= 0.3 is 5.69 Å².